The van der Waals surface area contributed by atoms with Gasteiger partial charge in [0.25, 0.3) is 0 Å². The molecule has 0 spiro atoms. The van der Waals surface area contributed by atoms with Gasteiger partial charge >= 0.3 is 5.97 Å². The first-order valence-electron chi connectivity index (χ1n) is 6.85. The van der Waals surface area contributed by atoms with Crippen LogP contribution in [-0.4, -0.2) is 24.8 Å². The van der Waals surface area contributed by atoms with Crippen LogP contribution < -0.4 is 4.90 Å². The van der Waals surface area contributed by atoms with Crippen molar-refractivity contribution in [1.82, 2.24) is 0 Å². The largest absolute Gasteiger partial charge is 0.468 e. The minimum Gasteiger partial charge on any atom is -0.468 e. The fourth-order valence-electron chi connectivity index (χ4n) is 2.94. The molecule has 1 aromatic carbocycles. The van der Waals surface area contributed by atoms with Crippen molar-refractivity contribution < 1.29 is 19.1 Å². The number of nitrogens with zero attached hydrogens (tertiary/aromatic N) is 1. The Morgan fingerprint density at radius 2 is 1.90 bits per heavy atom. The average Bonchev–Trinajstić information content (AvgIpc) is 2.87. The highest BCUT2D eigenvalue weighted by Gasteiger charge is 2.43. The summed E-state index contributed by atoms with van der Waals surface area (Å²) in [7, 11) is 1.25. The summed E-state index contributed by atoms with van der Waals surface area (Å²) < 4.78 is 4.71. The van der Waals surface area contributed by atoms with Crippen molar-refractivity contribution in [1.29, 1.82) is 0 Å². The summed E-state index contributed by atoms with van der Waals surface area (Å²) in [5.74, 6) is -1.82. The van der Waals surface area contributed by atoms with E-state index in [-0.39, 0.29) is 18.1 Å². The highest BCUT2D eigenvalue weighted by atomic mass is 16.5. The Hall–Kier alpha value is -2.43. The normalized spacial score (nSPS) is 21.6. The zero-order chi connectivity index (χ0) is 15.0. The first kappa shape index (κ1) is 13.5. The van der Waals surface area contributed by atoms with E-state index in [0.717, 1.165) is 5.70 Å². The summed E-state index contributed by atoms with van der Waals surface area (Å²) in [5.41, 5.74) is 2.00. The molecule has 21 heavy (non-hydrogen) atoms. The van der Waals surface area contributed by atoms with Gasteiger partial charge in [-0.25, -0.2) is 0 Å². The molecule has 2 aliphatic rings. The lowest BCUT2D eigenvalue weighted by Gasteiger charge is -2.32. The van der Waals surface area contributed by atoms with Crippen LogP contribution in [0.2, 0.25) is 0 Å². The topological polar surface area (TPSA) is 63.7 Å². The predicted octanol–water partition coefficient (Wildman–Crippen LogP) is 1.83. The van der Waals surface area contributed by atoms with Gasteiger partial charge in [0, 0.05) is 23.4 Å². The number of Topliss-reactive ketones (excluding diaryl/α,β-unsaturated/α-hetero) is 1. The summed E-state index contributed by atoms with van der Waals surface area (Å²) in [6.07, 6.45) is 1.10. The summed E-state index contributed by atoms with van der Waals surface area (Å²) in [5, 5.41) is 0. The summed E-state index contributed by atoms with van der Waals surface area (Å²) in [4.78, 5) is 38.0. The summed E-state index contributed by atoms with van der Waals surface area (Å²) in [6, 6.07) is 9.09. The van der Waals surface area contributed by atoms with E-state index in [1.807, 2.05) is 18.2 Å². The van der Waals surface area contributed by atoms with Gasteiger partial charge in [-0.05, 0) is 25.0 Å². The Morgan fingerprint density at radius 3 is 2.57 bits per heavy atom. The van der Waals surface area contributed by atoms with Gasteiger partial charge in [-0.3, -0.25) is 19.3 Å². The standard InChI is InChI=1S/C16H15NO4/c1-21-16(20)12-9-11-13(7-8-14(11)18)17(15(12)19)10-5-3-2-4-6-10/h2-6,12H,7-9H2,1H3. The maximum absolute atomic E-state index is 12.7. The number of benzene rings is 1. The van der Waals surface area contributed by atoms with Crippen molar-refractivity contribution >= 4 is 23.3 Å². The van der Waals surface area contributed by atoms with E-state index in [0.29, 0.717) is 24.1 Å². The zero-order valence-electron chi connectivity index (χ0n) is 11.7. The molecule has 0 aromatic heterocycles. The Balaban J connectivity index is 2.09. The van der Waals surface area contributed by atoms with Crippen molar-refractivity contribution in [3.05, 3.63) is 41.6 Å². The van der Waals surface area contributed by atoms with Crippen LogP contribution in [-0.2, 0) is 19.1 Å². The van der Waals surface area contributed by atoms with Gasteiger partial charge in [0.1, 0.15) is 5.92 Å². The highest BCUT2D eigenvalue weighted by Crippen LogP contribution is 2.39. The summed E-state index contributed by atoms with van der Waals surface area (Å²) in [6.45, 7) is 0. The first-order valence-corrected chi connectivity index (χ1v) is 6.85. The van der Waals surface area contributed by atoms with Gasteiger partial charge in [-0.2, -0.15) is 0 Å². The fraction of sp³-hybridized carbons (Fsp3) is 0.312. The van der Waals surface area contributed by atoms with E-state index in [1.54, 1.807) is 12.1 Å². The maximum Gasteiger partial charge on any atom is 0.318 e. The number of esters is 1. The zero-order valence-corrected chi connectivity index (χ0v) is 11.7. The van der Waals surface area contributed by atoms with E-state index in [4.69, 9.17) is 4.74 Å². The van der Waals surface area contributed by atoms with E-state index >= 15 is 0 Å². The lowest BCUT2D eigenvalue weighted by atomic mass is 9.91. The van der Waals surface area contributed by atoms with Gasteiger partial charge in [0.2, 0.25) is 5.91 Å². The van der Waals surface area contributed by atoms with E-state index in [9.17, 15) is 14.4 Å². The summed E-state index contributed by atoms with van der Waals surface area (Å²) >= 11 is 0. The number of ether oxygens (including phenoxy) is 1. The van der Waals surface area contributed by atoms with Crippen molar-refractivity contribution in [2.24, 2.45) is 5.92 Å². The molecule has 1 amide bonds. The molecule has 0 bridgehead atoms. The van der Waals surface area contributed by atoms with Crippen LogP contribution in [0.1, 0.15) is 19.3 Å². The molecular formula is C16H15NO4. The van der Waals surface area contributed by atoms with Crippen LogP contribution in [0.25, 0.3) is 0 Å². The SMILES string of the molecule is COC(=O)C1CC2=C(CCC2=O)N(c2ccccc2)C1=O. The van der Waals surface area contributed by atoms with Crippen LogP contribution >= 0.6 is 0 Å². The van der Waals surface area contributed by atoms with Gasteiger partial charge < -0.3 is 4.74 Å². The van der Waals surface area contributed by atoms with Gasteiger partial charge in [-0.1, -0.05) is 18.2 Å². The Kier molecular flexibility index (Phi) is 3.33. The molecule has 0 N–H and O–H groups in total. The second-order valence-corrected chi connectivity index (χ2v) is 5.14. The number of hydrogen-bond acceptors (Lipinski definition) is 4. The number of carbonyl (C=O) groups excluding carboxylic acids is 3. The van der Waals surface area contributed by atoms with Crippen LogP contribution in [0, 0.1) is 5.92 Å². The molecule has 3 rings (SSSR count). The smallest absolute Gasteiger partial charge is 0.318 e. The fourth-order valence-corrected chi connectivity index (χ4v) is 2.94. The third-order valence-electron chi connectivity index (χ3n) is 3.97. The predicted molar refractivity (Wildman–Crippen MR) is 75.3 cm³/mol. The van der Waals surface area contributed by atoms with Crippen LogP contribution in [0.3, 0.4) is 0 Å². The molecule has 0 saturated heterocycles. The second kappa shape index (κ2) is 5.16. The molecule has 5 heteroatoms. The van der Waals surface area contributed by atoms with Gasteiger partial charge in [-0.15, -0.1) is 0 Å². The number of ketones is 1. The molecule has 1 aliphatic heterocycles. The lowest BCUT2D eigenvalue weighted by Crippen LogP contribution is -2.43. The molecule has 0 fully saturated rings. The van der Waals surface area contributed by atoms with Crippen LogP contribution in [0.15, 0.2) is 41.6 Å². The van der Waals surface area contributed by atoms with Crippen LogP contribution in [0.4, 0.5) is 5.69 Å². The van der Waals surface area contributed by atoms with E-state index < -0.39 is 11.9 Å². The number of methoxy groups -OCH3 is 1. The molecule has 0 radical (unpaired) electrons. The van der Waals surface area contributed by atoms with Crippen molar-refractivity contribution in [3.8, 4) is 0 Å². The number of carbonyl (C=O) groups is 3. The monoisotopic (exact) mass is 285 g/mol. The number of hydrogen-bond donors (Lipinski definition) is 0. The Bertz CT molecular complexity index is 648. The number of rotatable bonds is 2. The van der Waals surface area contributed by atoms with E-state index in [2.05, 4.69) is 0 Å². The third kappa shape index (κ3) is 2.14. The average molecular weight is 285 g/mol. The second-order valence-electron chi connectivity index (χ2n) is 5.14. The lowest BCUT2D eigenvalue weighted by molar-refractivity contribution is -0.149. The number of para-hydroxylation sites is 1. The van der Waals surface area contributed by atoms with Crippen LogP contribution in [0.5, 0.6) is 0 Å². The highest BCUT2D eigenvalue weighted by molar-refractivity contribution is 6.14. The molecule has 108 valence electrons. The molecule has 1 heterocycles. The van der Waals surface area contributed by atoms with Gasteiger partial charge in [0.05, 0.1) is 7.11 Å². The molecular weight excluding hydrogens is 270 g/mol. The molecule has 1 aliphatic carbocycles. The molecule has 5 nitrogen and oxygen atoms in total. The Labute approximate surface area is 122 Å². The number of anilines is 1. The third-order valence-corrected chi connectivity index (χ3v) is 3.97. The molecule has 0 saturated carbocycles. The molecule has 1 aromatic rings. The number of allylic oxidation sites excluding steroid dienone is 2. The first-order chi connectivity index (χ1) is 10.1. The maximum atomic E-state index is 12.7. The van der Waals surface area contributed by atoms with Crippen molar-refractivity contribution in [3.63, 3.8) is 0 Å². The van der Waals surface area contributed by atoms with Crippen molar-refractivity contribution in [2.45, 2.75) is 19.3 Å². The molecule has 1 atom stereocenters. The van der Waals surface area contributed by atoms with Gasteiger partial charge in [0.15, 0.2) is 5.78 Å². The van der Waals surface area contributed by atoms with E-state index in [1.165, 1.54) is 12.0 Å². The minimum atomic E-state index is -0.934. The van der Waals surface area contributed by atoms with Crippen molar-refractivity contribution in [2.75, 3.05) is 12.0 Å². The minimum absolute atomic E-state index is 0.0207. The molecule has 1 unspecified atom stereocenters. The quantitative estimate of drug-likeness (QED) is 0.614. The number of amides is 1. The Morgan fingerprint density at radius 1 is 1.19 bits per heavy atom.